The van der Waals surface area contributed by atoms with E-state index in [0.717, 1.165) is 55.9 Å². The first-order chi connectivity index (χ1) is 34.7. The van der Waals surface area contributed by atoms with Gasteiger partial charge in [0.1, 0.15) is 23.5 Å². The molecule has 4 aromatic rings. The Morgan fingerprint density at radius 2 is 1.69 bits per heavy atom. The lowest BCUT2D eigenvalue weighted by Gasteiger charge is -2.28. The lowest BCUT2D eigenvalue weighted by Crippen LogP contribution is -2.33. The van der Waals surface area contributed by atoms with Crippen LogP contribution < -0.4 is 32.7 Å². The van der Waals surface area contributed by atoms with Gasteiger partial charge in [0, 0.05) is 99.6 Å². The Morgan fingerprint density at radius 3 is 2.45 bits per heavy atom. The highest BCUT2D eigenvalue weighted by Gasteiger charge is 2.19. The Morgan fingerprint density at radius 1 is 0.915 bits per heavy atom. The van der Waals surface area contributed by atoms with Crippen molar-refractivity contribution in [3.8, 4) is 0 Å². The summed E-state index contributed by atoms with van der Waals surface area (Å²) in [5.74, 6) is 0.676. The molecule has 1 aliphatic heterocycles. The number of ether oxygens (including phenoxy) is 4. The van der Waals surface area contributed by atoms with E-state index in [4.69, 9.17) is 40.2 Å². The van der Waals surface area contributed by atoms with E-state index < -0.39 is 0 Å². The Balaban J connectivity index is 0.883. The number of aliphatic imine (C=N–C) groups is 4. The first kappa shape index (κ1) is 55.0. The minimum atomic E-state index is 0.0664. The first-order valence-electron chi connectivity index (χ1n) is 23.4. The molecule has 0 unspecified atom stereocenters. The molecule has 2 aromatic heterocycles. The second-order valence-electron chi connectivity index (χ2n) is 16.1. The van der Waals surface area contributed by atoms with E-state index >= 15 is 0 Å². The van der Waals surface area contributed by atoms with Crippen LogP contribution in [0.25, 0.3) is 11.1 Å². The van der Waals surface area contributed by atoms with E-state index in [1.165, 1.54) is 17.5 Å². The monoisotopic (exact) mass is 975 g/mol. The molecule has 0 amide bonds. The van der Waals surface area contributed by atoms with E-state index in [-0.39, 0.29) is 17.5 Å². The molecule has 0 radical (unpaired) electrons. The molecular formula is C50H70N16O5. The largest absolute Gasteiger partial charge is 0.424 e. The predicted molar refractivity (Wildman–Crippen MR) is 285 cm³/mol. The molecular weight excluding hydrogens is 905 g/mol. The number of nitrogen functional groups attached to an aromatic ring is 2. The highest BCUT2D eigenvalue weighted by molar-refractivity contribution is 6.17. The highest BCUT2D eigenvalue weighted by Crippen LogP contribution is 2.26. The molecule has 21 nitrogen and oxygen atoms in total. The number of fused-ring (bicyclic) bond motifs is 2. The molecule has 0 atom stereocenters. The van der Waals surface area contributed by atoms with Crippen LogP contribution in [0.1, 0.15) is 27.8 Å². The summed E-state index contributed by atoms with van der Waals surface area (Å²) in [5.41, 5.74) is 20.2. The van der Waals surface area contributed by atoms with Crippen LogP contribution in [0.5, 0.6) is 0 Å². The summed E-state index contributed by atoms with van der Waals surface area (Å²) >= 11 is 0. The average molecular weight is 975 g/mol. The van der Waals surface area contributed by atoms with Crippen molar-refractivity contribution in [1.82, 2.24) is 40.7 Å². The zero-order valence-electron chi connectivity index (χ0n) is 40.9. The number of nitrogens with zero attached hydrogens (tertiary/aromatic N) is 9. The van der Waals surface area contributed by atoms with Crippen molar-refractivity contribution in [3.63, 3.8) is 0 Å². The van der Waals surface area contributed by atoms with Crippen molar-refractivity contribution < 1.29 is 23.4 Å². The second kappa shape index (κ2) is 31.3. The van der Waals surface area contributed by atoms with Gasteiger partial charge in [0.15, 0.2) is 5.58 Å². The van der Waals surface area contributed by atoms with Gasteiger partial charge >= 0.3 is 0 Å². The molecule has 0 saturated heterocycles. The summed E-state index contributed by atoms with van der Waals surface area (Å²) in [6, 6.07) is 11.8. The molecule has 5 rings (SSSR count). The third-order valence-electron chi connectivity index (χ3n) is 10.9. The standard InChI is InChI=1S/C50H70N16O5/c1-6-57-28-39(27-55-4)29-59-35-65(16-12-54-3)17-13-58-32-43(31-56-5)37(2)60-14-18-67-19-20-68-21-22-69-23-24-70-36-66-15-11-40-25-38(7-8-42(40)33-66)30-61-49-46(48(52)62-34-63-49)47(51)41-9-10-45-44(26-41)64-50(53)71-45/h6-10,25-27,29,31-32,34,51,54,57,60H,1-2,4-5,11-24,28,30,33,35-36H2,3H3,(H2,53,64)(H3,52,61,62,63)/b39-27-,43-31+,51-47?,58-32-,59-29-. The quantitative estimate of drug-likeness (QED) is 0.0194. The fraction of sp³-hybridized carbons (Fsp3) is 0.400. The maximum absolute atomic E-state index is 8.94. The van der Waals surface area contributed by atoms with Crippen LogP contribution in [0.3, 0.4) is 0 Å². The smallest absolute Gasteiger partial charge is 0.292 e. The molecule has 0 saturated carbocycles. The summed E-state index contributed by atoms with van der Waals surface area (Å²) in [6.07, 6.45) is 10.8. The van der Waals surface area contributed by atoms with E-state index in [1.54, 1.807) is 49.2 Å². The number of nitrogens with one attached hydrogen (secondary N) is 5. The zero-order chi connectivity index (χ0) is 50.5. The summed E-state index contributed by atoms with van der Waals surface area (Å²) in [4.78, 5) is 34.2. The highest BCUT2D eigenvalue weighted by atomic mass is 16.6. The van der Waals surface area contributed by atoms with Crippen LogP contribution in [0, 0.1) is 5.41 Å². The number of benzene rings is 2. The predicted octanol–water partition coefficient (Wildman–Crippen LogP) is 3.82. The number of rotatable bonds is 36. The van der Waals surface area contributed by atoms with Gasteiger partial charge < -0.3 is 56.1 Å². The van der Waals surface area contributed by atoms with E-state index in [0.29, 0.717) is 120 Å². The first-order valence-corrected chi connectivity index (χ1v) is 23.4. The van der Waals surface area contributed by atoms with Crippen molar-refractivity contribution in [1.29, 1.82) is 5.41 Å². The summed E-state index contributed by atoms with van der Waals surface area (Å²) in [7, 11) is 1.93. The van der Waals surface area contributed by atoms with Gasteiger partial charge in [-0.25, -0.2) is 9.97 Å². The zero-order valence-corrected chi connectivity index (χ0v) is 40.9. The fourth-order valence-electron chi connectivity index (χ4n) is 7.20. The normalized spacial score (nSPS) is 13.3. The van der Waals surface area contributed by atoms with Gasteiger partial charge in [-0.05, 0) is 68.0 Å². The molecule has 21 heteroatoms. The molecule has 0 aliphatic carbocycles. The molecule has 1 aliphatic rings. The Labute approximate surface area is 416 Å². The van der Waals surface area contributed by atoms with Crippen molar-refractivity contribution in [2.75, 3.05) is 129 Å². The molecule has 71 heavy (non-hydrogen) atoms. The van der Waals surface area contributed by atoms with Crippen molar-refractivity contribution in [3.05, 3.63) is 119 Å². The lowest BCUT2D eigenvalue weighted by atomic mass is 9.97. The fourth-order valence-corrected chi connectivity index (χ4v) is 7.20. The van der Waals surface area contributed by atoms with Gasteiger partial charge in [0.25, 0.3) is 6.01 Å². The van der Waals surface area contributed by atoms with Crippen LogP contribution >= 0.6 is 0 Å². The maximum atomic E-state index is 8.94. The Kier molecular flexibility index (Phi) is 24.2. The number of anilines is 3. The number of hydrogen-bond acceptors (Lipinski definition) is 21. The van der Waals surface area contributed by atoms with Gasteiger partial charge in [-0.1, -0.05) is 31.4 Å². The van der Waals surface area contributed by atoms with Crippen molar-refractivity contribution in [2.24, 2.45) is 20.0 Å². The summed E-state index contributed by atoms with van der Waals surface area (Å²) in [5, 5.41) is 21.8. The van der Waals surface area contributed by atoms with Gasteiger partial charge in [-0.2, -0.15) is 4.98 Å². The van der Waals surface area contributed by atoms with Gasteiger partial charge in [0.2, 0.25) is 0 Å². The minimum Gasteiger partial charge on any atom is -0.424 e. The van der Waals surface area contributed by atoms with E-state index in [9.17, 15) is 0 Å². The third-order valence-corrected chi connectivity index (χ3v) is 10.9. The number of oxazole rings is 1. The van der Waals surface area contributed by atoms with E-state index in [1.807, 2.05) is 7.05 Å². The molecule has 2 aromatic carbocycles. The van der Waals surface area contributed by atoms with Gasteiger partial charge in [0.05, 0.1) is 77.5 Å². The summed E-state index contributed by atoms with van der Waals surface area (Å²) in [6.45, 7) is 25.6. The van der Waals surface area contributed by atoms with Crippen LogP contribution in [0.15, 0.2) is 116 Å². The maximum Gasteiger partial charge on any atom is 0.292 e. The number of nitrogens with two attached hydrogens (primary N) is 2. The second-order valence-corrected chi connectivity index (χ2v) is 16.1. The number of allylic oxidation sites excluding steroid dienone is 1. The average Bonchev–Trinajstić information content (AvgIpc) is 3.76. The number of likely N-dealkylation sites (N-methyl/N-ethyl adjacent to an activating group) is 1. The minimum absolute atomic E-state index is 0.0664. The Hall–Kier alpha value is -6.98. The van der Waals surface area contributed by atoms with Crippen LogP contribution in [-0.4, -0.2) is 169 Å². The number of aromatic nitrogens is 3. The molecule has 0 spiro atoms. The van der Waals surface area contributed by atoms with Gasteiger partial charge in [-0.3, -0.25) is 35.2 Å². The van der Waals surface area contributed by atoms with Crippen LogP contribution in [0.4, 0.5) is 17.7 Å². The van der Waals surface area contributed by atoms with Gasteiger partial charge in [-0.15, -0.1) is 0 Å². The Bertz CT molecular complexity index is 2470. The lowest BCUT2D eigenvalue weighted by molar-refractivity contribution is -0.0260. The molecule has 0 fully saturated rings. The molecule has 0 bridgehead atoms. The van der Waals surface area contributed by atoms with Crippen molar-refractivity contribution >= 4 is 60.3 Å². The topological polar surface area (TPSA) is 269 Å². The third kappa shape index (κ3) is 19.0. The SMILES string of the molecule is C=CNCC(/C=N\CN(CC/N=C\C(=C/N=C)C(=C)NCCOCCOCCOCCOCN1CCc2cc(CNc3ncnc(N)c3C(=N)c3ccc4oc(N)nc4c3)ccc2C1)CCNC)=C/N=C. The molecule has 380 valence electrons. The molecule has 9 N–H and O–H groups in total. The van der Waals surface area contributed by atoms with Crippen LogP contribution in [-0.2, 0) is 38.5 Å². The van der Waals surface area contributed by atoms with Crippen LogP contribution in [0.2, 0.25) is 0 Å². The van der Waals surface area contributed by atoms with Crippen molar-refractivity contribution in [2.45, 2.75) is 19.5 Å². The molecule has 3 heterocycles. The van der Waals surface area contributed by atoms with E-state index in [2.05, 4.69) is 111 Å². The summed E-state index contributed by atoms with van der Waals surface area (Å²) < 4.78 is 28.4. The number of hydrogen-bond donors (Lipinski definition) is 7.